The van der Waals surface area contributed by atoms with Crippen molar-refractivity contribution in [3.8, 4) is 0 Å². The summed E-state index contributed by atoms with van der Waals surface area (Å²) in [6, 6.07) is 0. The van der Waals surface area contributed by atoms with Crippen LogP contribution in [0.5, 0.6) is 0 Å². The van der Waals surface area contributed by atoms with Gasteiger partial charge in [0.25, 0.3) is 0 Å². The summed E-state index contributed by atoms with van der Waals surface area (Å²) >= 11 is 0. The molecule has 2 aliphatic rings. The molecule has 2 saturated carbocycles. The molecule has 3 nitrogen and oxygen atoms in total. The number of hydrogen-bond acceptors (Lipinski definition) is 3. The van der Waals surface area contributed by atoms with Crippen molar-refractivity contribution in [2.45, 2.75) is 58.5 Å². The molecule has 1 spiro atoms. The van der Waals surface area contributed by atoms with E-state index in [0.29, 0.717) is 6.61 Å². The number of carbonyl (C=O) groups excluding carboxylic acids is 1. The van der Waals surface area contributed by atoms with E-state index in [-0.39, 0.29) is 29.3 Å². The number of aliphatic hydroxyl groups is 1. The number of carbonyl (C=O) groups is 1. The van der Waals surface area contributed by atoms with E-state index in [9.17, 15) is 9.90 Å². The van der Waals surface area contributed by atoms with Gasteiger partial charge in [-0.05, 0) is 43.9 Å². The van der Waals surface area contributed by atoms with Gasteiger partial charge in [0, 0.05) is 0 Å². The Morgan fingerprint density at radius 2 is 2.06 bits per heavy atom. The molecule has 0 aliphatic heterocycles. The van der Waals surface area contributed by atoms with E-state index in [1.54, 1.807) is 0 Å². The standard InChI is InChI=1S/C14H24O3/c1-3-17-13(16)12-10(2)8-11(15)9-14(12)6-4-5-7-14/h10-12,15H,3-9H2,1-2H3/t10-,11+,12+/m0/s1. The number of hydrogen-bond donors (Lipinski definition) is 1. The van der Waals surface area contributed by atoms with E-state index < -0.39 is 0 Å². The molecule has 2 fully saturated rings. The van der Waals surface area contributed by atoms with E-state index >= 15 is 0 Å². The molecule has 0 heterocycles. The molecule has 2 aliphatic carbocycles. The molecule has 0 unspecified atom stereocenters. The maximum atomic E-state index is 12.2. The Hall–Kier alpha value is -0.570. The zero-order chi connectivity index (χ0) is 12.5. The van der Waals surface area contributed by atoms with Crippen LogP contribution < -0.4 is 0 Å². The molecule has 0 amide bonds. The minimum Gasteiger partial charge on any atom is -0.466 e. The average molecular weight is 240 g/mol. The van der Waals surface area contributed by atoms with E-state index in [2.05, 4.69) is 6.92 Å². The van der Waals surface area contributed by atoms with Crippen LogP contribution in [-0.4, -0.2) is 23.8 Å². The van der Waals surface area contributed by atoms with Crippen LogP contribution in [-0.2, 0) is 9.53 Å². The third-order valence-corrected chi connectivity index (χ3v) is 4.65. The highest BCUT2D eigenvalue weighted by atomic mass is 16.5. The molecular formula is C14H24O3. The third-order valence-electron chi connectivity index (χ3n) is 4.65. The second kappa shape index (κ2) is 4.97. The molecule has 0 aromatic rings. The smallest absolute Gasteiger partial charge is 0.309 e. The van der Waals surface area contributed by atoms with Crippen LogP contribution >= 0.6 is 0 Å². The zero-order valence-electron chi connectivity index (χ0n) is 10.9. The fourth-order valence-corrected chi connectivity index (χ4v) is 4.16. The molecule has 0 bridgehead atoms. The number of aliphatic hydroxyl groups excluding tert-OH is 1. The molecule has 3 atom stereocenters. The quantitative estimate of drug-likeness (QED) is 0.754. The fraction of sp³-hybridized carbons (Fsp3) is 0.929. The van der Waals surface area contributed by atoms with Crippen molar-refractivity contribution in [1.82, 2.24) is 0 Å². The monoisotopic (exact) mass is 240 g/mol. The van der Waals surface area contributed by atoms with Gasteiger partial charge in [0.1, 0.15) is 0 Å². The molecule has 0 aromatic heterocycles. The molecule has 1 N–H and O–H groups in total. The summed E-state index contributed by atoms with van der Waals surface area (Å²) in [5.74, 6) is 0.220. The summed E-state index contributed by atoms with van der Waals surface area (Å²) in [5.41, 5.74) is 0.0311. The van der Waals surface area contributed by atoms with E-state index in [0.717, 1.165) is 25.7 Å². The van der Waals surface area contributed by atoms with Crippen LogP contribution in [0.4, 0.5) is 0 Å². The second-order valence-electron chi connectivity index (χ2n) is 5.87. The minimum absolute atomic E-state index is 0.00773. The largest absolute Gasteiger partial charge is 0.466 e. The topological polar surface area (TPSA) is 46.5 Å². The van der Waals surface area contributed by atoms with Gasteiger partial charge < -0.3 is 9.84 Å². The van der Waals surface area contributed by atoms with Crippen molar-refractivity contribution < 1.29 is 14.6 Å². The minimum atomic E-state index is -0.228. The van der Waals surface area contributed by atoms with E-state index in [4.69, 9.17) is 4.74 Å². The van der Waals surface area contributed by atoms with Gasteiger partial charge in [0.2, 0.25) is 0 Å². The lowest BCUT2D eigenvalue weighted by Gasteiger charge is -2.45. The molecule has 0 aromatic carbocycles. The maximum absolute atomic E-state index is 12.2. The van der Waals surface area contributed by atoms with Crippen molar-refractivity contribution in [1.29, 1.82) is 0 Å². The highest BCUT2D eigenvalue weighted by molar-refractivity contribution is 5.74. The Morgan fingerprint density at radius 1 is 1.41 bits per heavy atom. The molecular weight excluding hydrogens is 216 g/mol. The van der Waals surface area contributed by atoms with Crippen molar-refractivity contribution in [3.05, 3.63) is 0 Å². The normalized spacial score (nSPS) is 36.1. The summed E-state index contributed by atoms with van der Waals surface area (Å²) in [4.78, 5) is 12.2. The highest BCUT2D eigenvalue weighted by Gasteiger charge is 2.52. The van der Waals surface area contributed by atoms with Crippen LogP contribution in [0.15, 0.2) is 0 Å². The molecule has 17 heavy (non-hydrogen) atoms. The lowest BCUT2D eigenvalue weighted by atomic mass is 9.60. The zero-order valence-corrected chi connectivity index (χ0v) is 10.9. The van der Waals surface area contributed by atoms with Gasteiger partial charge >= 0.3 is 5.97 Å². The lowest BCUT2D eigenvalue weighted by Crippen LogP contribution is -2.46. The first-order valence-electron chi connectivity index (χ1n) is 6.94. The summed E-state index contributed by atoms with van der Waals surface area (Å²) in [6.45, 7) is 4.41. The molecule has 3 heteroatoms. The predicted octanol–water partition coefficient (Wildman–Crippen LogP) is 2.52. The van der Waals surface area contributed by atoms with Gasteiger partial charge in [-0.25, -0.2) is 0 Å². The second-order valence-corrected chi connectivity index (χ2v) is 5.87. The van der Waals surface area contributed by atoms with Gasteiger partial charge in [0.05, 0.1) is 18.6 Å². The fourth-order valence-electron chi connectivity index (χ4n) is 4.16. The molecule has 2 rings (SSSR count). The van der Waals surface area contributed by atoms with Crippen molar-refractivity contribution in [2.75, 3.05) is 6.61 Å². The Bertz CT molecular complexity index is 281. The Kier molecular flexibility index (Phi) is 3.76. The van der Waals surface area contributed by atoms with Gasteiger partial charge in [-0.1, -0.05) is 19.8 Å². The van der Waals surface area contributed by atoms with Gasteiger partial charge in [-0.15, -0.1) is 0 Å². The van der Waals surface area contributed by atoms with Crippen LogP contribution in [0.1, 0.15) is 52.4 Å². The first-order chi connectivity index (χ1) is 8.09. The van der Waals surface area contributed by atoms with E-state index in [1.165, 1.54) is 12.8 Å². The first kappa shape index (κ1) is 12.9. The lowest BCUT2D eigenvalue weighted by molar-refractivity contribution is -0.161. The van der Waals surface area contributed by atoms with Gasteiger partial charge in [0.15, 0.2) is 0 Å². The Labute approximate surface area is 104 Å². The van der Waals surface area contributed by atoms with Crippen LogP contribution in [0, 0.1) is 17.3 Å². The van der Waals surface area contributed by atoms with E-state index in [1.807, 2.05) is 6.92 Å². The maximum Gasteiger partial charge on any atom is 0.309 e. The number of esters is 1. The Morgan fingerprint density at radius 3 is 2.65 bits per heavy atom. The summed E-state index contributed by atoms with van der Waals surface area (Å²) < 4.78 is 5.25. The number of rotatable bonds is 2. The molecule has 0 saturated heterocycles. The average Bonchev–Trinajstić information content (AvgIpc) is 2.65. The van der Waals surface area contributed by atoms with Crippen LogP contribution in [0.2, 0.25) is 0 Å². The van der Waals surface area contributed by atoms with Crippen molar-refractivity contribution in [3.63, 3.8) is 0 Å². The van der Waals surface area contributed by atoms with Crippen molar-refractivity contribution in [2.24, 2.45) is 17.3 Å². The first-order valence-corrected chi connectivity index (χ1v) is 6.94. The number of ether oxygens (including phenoxy) is 1. The van der Waals surface area contributed by atoms with Crippen LogP contribution in [0.3, 0.4) is 0 Å². The Balaban J connectivity index is 2.21. The summed E-state index contributed by atoms with van der Waals surface area (Å²) in [6.07, 6.45) is 5.85. The molecule has 0 radical (unpaired) electrons. The summed E-state index contributed by atoms with van der Waals surface area (Å²) in [5, 5.41) is 9.98. The van der Waals surface area contributed by atoms with Crippen LogP contribution in [0.25, 0.3) is 0 Å². The predicted molar refractivity (Wildman–Crippen MR) is 65.4 cm³/mol. The van der Waals surface area contributed by atoms with Gasteiger partial charge in [-0.3, -0.25) is 4.79 Å². The SMILES string of the molecule is CCOC(=O)[C@H]1[C@@H](C)C[C@@H](O)CC12CCCC2. The third kappa shape index (κ3) is 2.35. The highest BCUT2D eigenvalue weighted by Crippen LogP contribution is 2.54. The molecule has 98 valence electrons. The van der Waals surface area contributed by atoms with Crippen molar-refractivity contribution >= 4 is 5.97 Å². The summed E-state index contributed by atoms with van der Waals surface area (Å²) in [7, 11) is 0. The van der Waals surface area contributed by atoms with Gasteiger partial charge in [-0.2, -0.15) is 0 Å².